The van der Waals surface area contributed by atoms with Crippen LogP contribution >= 0.6 is 22.9 Å². The molecule has 252 valence electrons. The molecule has 2 aliphatic heterocycles. The lowest BCUT2D eigenvalue weighted by Gasteiger charge is -2.37. The summed E-state index contributed by atoms with van der Waals surface area (Å²) in [5.74, 6) is -0.404. The molecule has 2 aliphatic rings. The lowest BCUT2D eigenvalue weighted by Crippen LogP contribution is -2.48. The first-order chi connectivity index (χ1) is 24.3. The quantitative estimate of drug-likeness (QED) is 0.169. The van der Waals surface area contributed by atoms with Crippen LogP contribution in [0.15, 0.2) is 114 Å². The average molecular weight is 703 g/mol. The van der Waals surface area contributed by atoms with Crippen molar-refractivity contribution in [1.29, 1.82) is 0 Å². The van der Waals surface area contributed by atoms with Crippen molar-refractivity contribution in [3.8, 4) is 0 Å². The predicted molar refractivity (Wildman–Crippen MR) is 198 cm³/mol. The number of hydrogen-bond acceptors (Lipinski definition) is 5. The van der Waals surface area contributed by atoms with Crippen LogP contribution in [0, 0.1) is 13.8 Å². The Morgan fingerprint density at radius 2 is 1.72 bits per heavy atom. The molecule has 1 atom stereocenters. The van der Waals surface area contributed by atoms with Crippen LogP contribution in [0.1, 0.15) is 44.3 Å². The number of carbonyl (C=O) groups is 3. The zero-order valence-corrected chi connectivity index (χ0v) is 29.2. The SMILES string of the molecule is Cc1cc(C)c(NC(=O)C2=C(c3ccccc3)N(Cc3cccs3)C(=O)NC2c2ccc3c(c2)N(C(=O)OCc2ccccc2)CC3)c(Cl)c1. The Morgan fingerprint density at radius 3 is 2.44 bits per heavy atom. The molecular weight excluding hydrogens is 668 g/mol. The minimum atomic E-state index is -0.852. The number of fused-ring (bicyclic) bond motifs is 1. The maximum atomic E-state index is 14.7. The molecule has 8 nitrogen and oxygen atoms in total. The van der Waals surface area contributed by atoms with Gasteiger partial charge in [0, 0.05) is 11.4 Å². The number of carbonyl (C=O) groups excluding carboxylic acids is 3. The molecule has 1 unspecified atom stereocenters. The van der Waals surface area contributed by atoms with Gasteiger partial charge in [-0.2, -0.15) is 0 Å². The van der Waals surface area contributed by atoms with Gasteiger partial charge in [0.15, 0.2) is 0 Å². The molecule has 0 fully saturated rings. The van der Waals surface area contributed by atoms with Crippen molar-refractivity contribution in [2.45, 2.75) is 39.5 Å². The molecule has 0 radical (unpaired) electrons. The zero-order valence-electron chi connectivity index (χ0n) is 27.6. The van der Waals surface area contributed by atoms with Crippen molar-refractivity contribution in [1.82, 2.24) is 10.2 Å². The molecule has 0 spiro atoms. The summed E-state index contributed by atoms with van der Waals surface area (Å²) in [4.78, 5) is 46.4. The highest BCUT2D eigenvalue weighted by atomic mass is 35.5. The van der Waals surface area contributed by atoms with Gasteiger partial charge in [-0.1, -0.05) is 96.5 Å². The van der Waals surface area contributed by atoms with Crippen LogP contribution in [0.25, 0.3) is 5.70 Å². The van der Waals surface area contributed by atoms with E-state index in [1.165, 1.54) is 11.3 Å². The van der Waals surface area contributed by atoms with Gasteiger partial charge in [-0.25, -0.2) is 9.59 Å². The summed E-state index contributed by atoms with van der Waals surface area (Å²) in [6, 6.07) is 31.2. The number of nitrogens with zero attached hydrogens (tertiary/aromatic N) is 2. The van der Waals surface area contributed by atoms with E-state index in [0.29, 0.717) is 51.8 Å². The molecule has 10 heteroatoms. The molecule has 1 aromatic heterocycles. The first-order valence-corrected chi connectivity index (χ1v) is 17.6. The standard InChI is InChI=1S/C40H35ClN4O4S/c1-25-20-26(2)35(32(41)21-25)42-38(46)34-36(43-39(47)45(23-31-14-9-19-50-31)37(34)29-12-7-4-8-13-29)30-16-15-28-17-18-44(33(28)22-30)40(48)49-24-27-10-5-3-6-11-27/h3-16,19-22,36H,17-18,23-24H2,1-2H3,(H,42,46)(H,43,47). The second kappa shape index (κ2) is 14.2. The number of hydrogen-bond donors (Lipinski definition) is 2. The van der Waals surface area contributed by atoms with E-state index in [1.54, 1.807) is 9.80 Å². The molecule has 0 saturated heterocycles. The molecule has 4 aromatic carbocycles. The van der Waals surface area contributed by atoms with E-state index in [1.807, 2.05) is 122 Å². The fourth-order valence-corrected chi connectivity index (χ4v) is 7.64. The van der Waals surface area contributed by atoms with Crippen molar-refractivity contribution in [3.63, 3.8) is 0 Å². The molecular formula is C40H35ClN4O4S. The fraction of sp³-hybridized carbons (Fsp3) is 0.175. The third kappa shape index (κ3) is 6.75. The minimum Gasteiger partial charge on any atom is -0.444 e. The molecule has 0 bridgehead atoms. The van der Waals surface area contributed by atoms with Gasteiger partial charge in [0.25, 0.3) is 5.91 Å². The molecule has 7 rings (SSSR count). The van der Waals surface area contributed by atoms with E-state index in [9.17, 15) is 14.4 Å². The van der Waals surface area contributed by atoms with Crippen LogP contribution in [-0.4, -0.2) is 29.5 Å². The van der Waals surface area contributed by atoms with E-state index < -0.39 is 18.0 Å². The zero-order chi connectivity index (χ0) is 34.8. The summed E-state index contributed by atoms with van der Waals surface area (Å²) in [5, 5.41) is 8.61. The van der Waals surface area contributed by atoms with Crippen molar-refractivity contribution in [2.75, 3.05) is 16.8 Å². The minimum absolute atomic E-state index is 0.151. The van der Waals surface area contributed by atoms with E-state index in [-0.39, 0.29) is 19.2 Å². The van der Waals surface area contributed by atoms with Crippen LogP contribution in [0.4, 0.5) is 21.0 Å². The van der Waals surface area contributed by atoms with Gasteiger partial charge in [-0.05, 0) is 77.2 Å². The van der Waals surface area contributed by atoms with Crippen molar-refractivity contribution >= 4 is 58.0 Å². The van der Waals surface area contributed by atoms with Gasteiger partial charge < -0.3 is 15.4 Å². The van der Waals surface area contributed by atoms with Crippen LogP contribution in [0.3, 0.4) is 0 Å². The number of urea groups is 1. The van der Waals surface area contributed by atoms with E-state index >= 15 is 0 Å². The molecule has 4 amide bonds. The van der Waals surface area contributed by atoms with Gasteiger partial charge in [0.05, 0.1) is 40.3 Å². The summed E-state index contributed by atoms with van der Waals surface area (Å²) in [6.45, 7) is 4.73. The summed E-state index contributed by atoms with van der Waals surface area (Å²) >= 11 is 8.22. The summed E-state index contributed by atoms with van der Waals surface area (Å²) < 4.78 is 5.69. The monoisotopic (exact) mass is 702 g/mol. The number of anilines is 2. The normalized spacial score (nSPS) is 15.5. The third-order valence-electron chi connectivity index (χ3n) is 8.95. The maximum Gasteiger partial charge on any atom is 0.414 e. The second-order valence-corrected chi connectivity index (χ2v) is 13.8. The van der Waals surface area contributed by atoms with Gasteiger partial charge in [-0.15, -0.1) is 11.3 Å². The summed E-state index contributed by atoms with van der Waals surface area (Å²) in [5.41, 5.74) is 7.07. The van der Waals surface area contributed by atoms with E-state index in [2.05, 4.69) is 10.6 Å². The molecule has 0 aliphatic carbocycles. The highest BCUT2D eigenvalue weighted by Gasteiger charge is 2.39. The largest absolute Gasteiger partial charge is 0.444 e. The molecule has 5 aromatic rings. The van der Waals surface area contributed by atoms with Gasteiger partial charge >= 0.3 is 12.1 Å². The Morgan fingerprint density at radius 1 is 0.960 bits per heavy atom. The Labute approximate surface area is 299 Å². The van der Waals surface area contributed by atoms with Crippen LogP contribution in [-0.2, 0) is 29.1 Å². The van der Waals surface area contributed by atoms with E-state index in [0.717, 1.165) is 27.1 Å². The highest BCUT2D eigenvalue weighted by Crippen LogP contribution is 2.41. The van der Waals surface area contributed by atoms with Crippen molar-refractivity contribution in [2.24, 2.45) is 0 Å². The Balaban J connectivity index is 1.32. The molecule has 2 N–H and O–H groups in total. The van der Waals surface area contributed by atoms with Crippen molar-refractivity contribution < 1.29 is 19.1 Å². The number of aryl methyl sites for hydroxylation is 2. The van der Waals surface area contributed by atoms with Gasteiger partial charge in [0.2, 0.25) is 0 Å². The smallest absolute Gasteiger partial charge is 0.414 e. The molecule has 3 heterocycles. The first kappa shape index (κ1) is 33.1. The summed E-state index contributed by atoms with van der Waals surface area (Å²) in [6.07, 6.45) is 0.202. The number of rotatable bonds is 8. The number of nitrogens with one attached hydrogen (secondary N) is 2. The van der Waals surface area contributed by atoms with Crippen LogP contribution in [0.2, 0.25) is 5.02 Å². The Kier molecular flexibility index (Phi) is 9.43. The Bertz CT molecular complexity index is 2080. The Hall–Kier alpha value is -5.38. The number of benzene rings is 4. The molecule has 50 heavy (non-hydrogen) atoms. The number of amides is 4. The second-order valence-electron chi connectivity index (χ2n) is 12.4. The average Bonchev–Trinajstić information content (AvgIpc) is 3.80. The number of halogens is 1. The lowest BCUT2D eigenvalue weighted by molar-refractivity contribution is -0.113. The number of thiophene rings is 1. The summed E-state index contributed by atoms with van der Waals surface area (Å²) in [7, 11) is 0. The fourth-order valence-electron chi connectivity index (χ4n) is 6.58. The maximum absolute atomic E-state index is 14.7. The van der Waals surface area contributed by atoms with Gasteiger partial charge in [0.1, 0.15) is 6.61 Å². The predicted octanol–water partition coefficient (Wildman–Crippen LogP) is 9.03. The highest BCUT2D eigenvalue weighted by molar-refractivity contribution is 7.09. The topological polar surface area (TPSA) is 91.0 Å². The first-order valence-electron chi connectivity index (χ1n) is 16.4. The lowest BCUT2D eigenvalue weighted by atomic mass is 9.90. The third-order valence-corrected chi connectivity index (χ3v) is 10.1. The number of ether oxygens (including phenoxy) is 1. The van der Waals surface area contributed by atoms with Crippen molar-refractivity contribution in [3.05, 3.63) is 157 Å². The van der Waals surface area contributed by atoms with Crippen LogP contribution in [0.5, 0.6) is 0 Å². The van der Waals surface area contributed by atoms with E-state index in [4.69, 9.17) is 16.3 Å². The van der Waals surface area contributed by atoms with Gasteiger partial charge in [-0.3, -0.25) is 14.6 Å². The molecule has 0 saturated carbocycles. The van der Waals surface area contributed by atoms with Crippen LogP contribution < -0.4 is 15.5 Å².